The third-order valence-electron chi connectivity index (χ3n) is 2.68. The van der Waals surface area contributed by atoms with Crippen molar-refractivity contribution in [2.75, 3.05) is 13.6 Å². The van der Waals surface area contributed by atoms with Crippen molar-refractivity contribution in [3.8, 4) is 0 Å². The van der Waals surface area contributed by atoms with Crippen molar-refractivity contribution in [1.29, 1.82) is 0 Å². The number of aliphatic carboxylic acids is 1. The molecule has 2 aromatic rings. The number of hydrogen-bond donors (Lipinski definition) is 1. The maximum absolute atomic E-state index is 12.1. The van der Waals surface area contributed by atoms with Crippen molar-refractivity contribution in [3.05, 3.63) is 34.3 Å². The Morgan fingerprint density at radius 3 is 2.95 bits per heavy atom. The molecule has 0 aliphatic carbocycles. The van der Waals surface area contributed by atoms with E-state index in [1.165, 1.54) is 11.1 Å². The second kappa shape index (κ2) is 6.29. The lowest BCUT2D eigenvalue weighted by Gasteiger charge is -2.14. The standard InChI is InChI=1S/C12H14N4O3S/c1-15(5-4-9-3-2-6-20-9)12(19)10-7-16(14-13-10)8-11(17)18/h2-3,6-7H,4-5,8H2,1H3,(H,17,18). The average molecular weight is 294 g/mol. The van der Waals surface area contributed by atoms with Gasteiger partial charge in [-0.05, 0) is 17.9 Å². The maximum Gasteiger partial charge on any atom is 0.325 e. The predicted molar refractivity (Wildman–Crippen MR) is 72.6 cm³/mol. The molecule has 8 heteroatoms. The number of likely N-dealkylation sites (N-methyl/N-ethyl adjacent to an activating group) is 1. The summed E-state index contributed by atoms with van der Waals surface area (Å²) in [5.41, 5.74) is 0.153. The van der Waals surface area contributed by atoms with Gasteiger partial charge in [0.25, 0.3) is 5.91 Å². The van der Waals surface area contributed by atoms with Crippen LogP contribution < -0.4 is 0 Å². The van der Waals surface area contributed by atoms with Gasteiger partial charge in [-0.15, -0.1) is 16.4 Å². The Bertz CT molecular complexity index is 594. The third-order valence-corrected chi connectivity index (χ3v) is 3.61. The van der Waals surface area contributed by atoms with E-state index in [9.17, 15) is 9.59 Å². The summed E-state index contributed by atoms with van der Waals surface area (Å²) in [7, 11) is 1.69. The van der Waals surface area contributed by atoms with Gasteiger partial charge in [-0.3, -0.25) is 9.59 Å². The number of carbonyl (C=O) groups excluding carboxylic acids is 1. The molecule has 20 heavy (non-hydrogen) atoms. The van der Waals surface area contributed by atoms with Crippen LogP contribution in [0.5, 0.6) is 0 Å². The second-order valence-corrected chi connectivity index (χ2v) is 5.28. The number of rotatable bonds is 6. The largest absolute Gasteiger partial charge is 0.480 e. The fourth-order valence-corrected chi connectivity index (χ4v) is 2.34. The van der Waals surface area contributed by atoms with E-state index in [0.29, 0.717) is 6.54 Å². The van der Waals surface area contributed by atoms with E-state index >= 15 is 0 Å². The van der Waals surface area contributed by atoms with Crippen LogP contribution in [-0.2, 0) is 17.8 Å². The molecular weight excluding hydrogens is 280 g/mol. The molecule has 0 aromatic carbocycles. The van der Waals surface area contributed by atoms with Crippen LogP contribution in [0.25, 0.3) is 0 Å². The molecule has 1 amide bonds. The summed E-state index contributed by atoms with van der Waals surface area (Å²) in [6.07, 6.45) is 2.13. The molecule has 106 valence electrons. The highest BCUT2D eigenvalue weighted by Gasteiger charge is 2.16. The molecule has 0 aliphatic rings. The number of carboxylic acid groups (broad SMARTS) is 1. The summed E-state index contributed by atoms with van der Waals surface area (Å²) in [4.78, 5) is 25.4. The molecular formula is C12H14N4O3S. The highest BCUT2D eigenvalue weighted by atomic mass is 32.1. The fourth-order valence-electron chi connectivity index (χ4n) is 1.64. The SMILES string of the molecule is CN(CCc1cccs1)C(=O)c1cn(CC(=O)O)nn1. The van der Waals surface area contributed by atoms with E-state index in [1.807, 2.05) is 17.5 Å². The lowest BCUT2D eigenvalue weighted by atomic mass is 10.3. The van der Waals surface area contributed by atoms with E-state index < -0.39 is 5.97 Å². The normalized spacial score (nSPS) is 10.4. The van der Waals surface area contributed by atoms with Gasteiger partial charge in [-0.1, -0.05) is 11.3 Å². The zero-order valence-corrected chi connectivity index (χ0v) is 11.7. The van der Waals surface area contributed by atoms with E-state index in [1.54, 1.807) is 23.3 Å². The molecule has 2 aromatic heterocycles. The summed E-state index contributed by atoms with van der Waals surface area (Å²) in [6, 6.07) is 3.99. The Labute approximate surface area is 119 Å². The minimum Gasteiger partial charge on any atom is -0.480 e. The average Bonchev–Trinajstić information content (AvgIpc) is 3.05. The van der Waals surface area contributed by atoms with Gasteiger partial charge in [0.15, 0.2) is 5.69 Å². The molecule has 0 spiro atoms. The first-order valence-corrected chi connectivity index (χ1v) is 6.84. The van der Waals surface area contributed by atoms with Crippen molar-refractivity contribution < 1.29 is 14.7 Å². The van der Waals surface area contributed by atoms with Gasteiger partial charge in [0.2, 0.25) is 0 Å². The molecule has 1 N–H and O–H groups in total. The minimum atomic E-state index is -1.03. The lowest BCUT2D eigenvalue weighted by Crippen LogP contribution is -2.29. The molecule has 2 rings (SSSR count). The summed E-state index contributed by atoms with van der Waals surface area (Å²) in [6.45, 7) is 0.268. The molecule has 0 bridgehead atoms. The van der Waals surface area contributed by atoms with Gasteiger partial charge in [0, 0.05) is 18.5 Å². The number of aromatic nitrogens is 3. The first kappa shape index (κ1) is 14.2. The number of carbonyl (C=O) groups is 2. The van der Waals surface area contributed by atoms with Crippen LogP contribution >= 0.6 is 11.3 Å². The van der Waals surface area contributed by atoms with Crippen molar-refractivity contribution in [2.24, 2.45) is 0 Å². The Kier molecular flexibility index (Phi) is 4.46. The lowest BCUT2D eigenvalue weighted by molar-refractivity contribution is -0.137. The van der Waals surface area contributed by atoms with Gasteiger partial charge >= 0.3 is 5.97 Å². The number of carboxylic acids is 1. The third kappa shape index (κ3) is 3.64. The second-order valence-electron chi connectivity index (χ2n) is 4.25. The number of thiophene rings is 1. The highest BCUT2D eigenvalue weighted by Crippen LogP contribution is 2.10. The summed E-state index contributed by atoms with van der Waals surface area (Å²) < 4.78 is 1.13. The Hall–Kier alpha value is -2.22. The summed E-state index contributed by atoms with van der Waals surface area (Å²) >= 11 is 1.65. The maximum atomic E-state index is 12.1. The van der Waals surface area contributed by atoms with Crippen LogP contribution in [0.15, 0.2) is 23.7 Å². The Morgan fingerprint density at radius 2 is 2.30 bits per heavy atom. The Morgan fingerprint density at radius 1 is 1.50 bits per heavy atom. The smallest absolute Gasteiger partial charge is 0.325 e. The van der Waals surface area contributed by atoms with Crippen LogP contribution in [0, 0.1) is 0 Å². The molecule has 0 saturated heterocycles. The molecule has 0 atom stereocenters. The van der Waals surface area contributed by atoms with Crippen molar-refractivity contribution >= 4 is 23.2 Å². The number of hydrogen-bond acceptors (Lipinski definition) is 5. The van der Waals surface area contributed by atoms with Crippen LogP contribution in [0.2, 0.25) is 0 Å². The topological polar surface area (TPSA) is 88.3 Å². The predicted octanol–water partition coefficient (Wildman–Crippen LogP) is 0.739. The zero-order chi connectivity index (χ0) is 14.5. The van der Waals surface area contributed by atoms with E-state index in [-0.39, 0.29) is 18.1 Å². The quantitative estimate of drug-likeness (QED) is 0.849. The van der Waals surface area contributed by atoms with Crippen LogP contribution in [-0.4, -0.2) is 50.5 Å². The zero-order valence-electron chi connectivity index (χ0n) is 10.9. The summed E-state index contributed by atoms with van der Waals surface area (Å²) in [5.74, 6) is -1.29. The molecule has 2 heterocycles. The van der Waals surface area contributed by atoms with Crippen molar-refractivity contribution in [2.45, 2.75) is 13.0 Å². The van der Waals surface area contributed by atoms with Crippen LogP contribution in [0.3, 0.4) is 0 Å². The Balaban J connectivity index is 1.92. The van der Waals surface area contributed by atoms with Crippen molar-refractivity contribution in [3.63, 3.8) is 0 Å². The molecule has 0 aliphatic heterocycles. The van der Waals surface area contributed by atoms with Gasteiger partial charge in [-0.2, -0.15) is 0 Å². The van der Waals surface area contributed by atoms with Gasteiger partial charge in [-0.25, -0.2) is 4.68 Å². The number of nitrogens with zero attached hydrogens (tertiary/aromatic N) is 4. The van der Waals surface area contributed by atoms with E-state index in [0.717, 1.165) is 11.1 Å². The molecule has 0 unspecified atom stereocenters. The first-order valence-electron chi connectivity index (χ1n) is 5.96. The van der Waals surface area contributed by atoms with Gasteiger partial charge in [0.05, 0.1) is 6.20 Å². The fraction of sp³-hybridized carbons (Fsp3) is 0.333. The molecule has 0 saturated carbocycles. The van der Waals surface area contributed by atoms with Gasteiger partial charge in [0.1, 0.15) is 6.54 Å². The number of amides is 1. The van der Waals surface area contributed by atoms with Crippen LogP contribution in [0.4, 0.5) is 0 Å². The molecule has 0 radical (unpaired) electrons. The first-order chi connectivity index (χ1) is 9.56. The monoisotopic (exact) mass is 294 g/mol. The van der Waals surface area contributed by atoms with Crippen LogP contribution in [0.1, 0.15) is 15.4 Å². The van der Waals surface area contributed by atoms with E-state index in [4.69, 9.17) is 5.11 Å². The minimum absolute atomic E-state index is 0.153. The van der Waals surface area contributed by atoms with E-state index in [2.05, 4.69) is 10.3 Å². The van der Waals surface area contributed by atoms with Gasteiger partial charge < -0.3 is 10.0 Å². The highest BCUT2D eigenvalue weighted by molar-refractivity contribution is 7.09. The molecule has 7 nitrogen and oxygen atoms in total. The molecule has 0 fully saturated rings. The summed E-state index contributed by atoms with van der Waals surface area (Å²) in [5, 5.41) is 17.9. The van der Waals surface area contributed by atoms with Crippen molar-refractivity contribution in [1.82, 2.24) is 19.9 Å².